The van der Waals surface area contributed by atoms with Gasteiger partial charge in [-0.15, -0.1) is 23.1 Å². The molecule has 6 heteroatoms. The van der Waals surface area contributed by atoms with Crippen LogP contribution in [-0.4, -0.2) is 34.8 Å². The van der Waals surface area contributed by atoms with Crippen molar-refractivity contribution in [2.75, 3.05) is 18.8 Å². The zero-order valence-corrected chi connectivity index (χ0v) is 15.0. The summed E-state index contributed by atoms with van der Waals surface area (Å²) in [5.74, 6) is 3.04. The number of aromatic nitrogens is 1. The van der Waals surface area contributed by atoms with Crippen molar-refractivity contribution >= 4 is 29.0 Å². The number of carbonyl (C=O) groups excluding carboxylic acids is 1. The van der Waals surface area contributed by atoms with Gasteiger partial charge in [0, 0.05) is 24.9 Å². The lowest BCUT2D eigenvalue weighted by Crippen LogP contribution is -2.33. The normalized spacial score (nSPS) is 18.8. The summed E-state index contributed by atoms with van der Waals surface area (Å²) in [6.45, 7) is 4.10. The van der Waals surface area contributed by atoms with Crippen molar-refractivity contribution in [2.24, 2.45) is 5.92 Å². The molecular weight excluding hydrogens is 328 g/mol. The van der Waals surface area contributed by atoms with Crippen LogP contribution < -0.4 is 0 Å². The fraction of sp³-hybridized carbons (Fsp3) is 0.529. The number of amides is 1. The summed E-state index contributed by atoms with van der Waals surface area (Å²) in [6, 6.07) is 5.99. The molecule has 4 nitrogen and oxygen atoms in total. The number of likely N-dealkylation sites (tertiary alicyclic amines) is 1. The molecule has 2 aromatic heterocycles. The fourth-order valence-electron chi connectivity index (χ4n) is 2.76. The predicted octanol–water partition coefficient (Wildman–Crippen LogP) is 4.28. The first-order chi connectivity index (χ1) is 11.2. The second-order valence-electron chi connectivity index (χ2n) is 6.07. The minimum absolute atomic E-state index is 0.256. The van der Waals surface area contributed by atoms with Crippen LogP contribution in [0.15, 0.2) is 28.1 Å². The molecule has 1 aliphatic rings. The Bertz CT molecular complexity index is 624. The Labute approximate surface area is 145 Å². The standard InChI is InChI=1S/C17H22N2O2S2/c1-13-4-2-7-19(8-6-13)17(20)12-22-11-14-10-15(21-18-14)16-5-3-9-23-16/h3,5,9-10,13H,2,4,6-8,11-12H2,1H3. The second kappa shape index (κ2) is 8.02. The molecule has 124 valence electrons. The number of thiophene rings is 1. The Morgan fingerprint density at radius 3 is 3.22 bits per heavy atom. The molecule has 2 aromatic rings. The topological polar surface area (TPSA) is 46.3 Å². The van der Waals surface area contributed by atoms with Gasteiger partial charge in [-0.3, -0.25) is 4.79 Å². The minimum Gasteiger partial charge on any atom is -0.355 e. The third-order valence-electron chi connectivity index (χ3n) is 4.17. The smallest absolute Gasteiger partial charge is 0.232 e. The van der Waals surface area contributed by atoms with Gasteiger partial charge in [0.25, 0.3) is 0 Å². The van der Waals surface area contributed by atoms with Gasteiger partial charge in [-0.25, -0.2) is 0 Å². The molecule has 0 saturated carbocycles. The Balaban J connectivity index is 1.45. The van der Waals surface area contributed by atoms with Crippen LogP contribution in [-0.2, 0) is 10.5 Å². The van der Waals surface area contributed by atoms with Crippen molar-refractivity contribution in [3.8, 4) is 10.6 Å². The summed E-state index contributed by atoms with van der Waals surface area (Å²) in [5.41, 5.74) is 0.899. The van der Waals surface area contributed by atoms with E-state index in [9.17, 15) is 4.79 Å². The van der Waals surface area contributed by atoms with Gasteiger partial charge in [0.15, 0.2) is 5.76 Å². The van der Waals surface area contributed by atoms with Crippen molar-refractivity contribution in [2.45, 2.75) is 31.9 Å². The van der Waals surface area contributed by atoms with E-state index < -0.39 is 0 Å². The summed E-state index contributed by atoms with van der Waals surface area (Å²) in [4.78, 5) is 15.4. The van der Waals surface area contributed by atoms with Crippen molar-refractivity contribution in [3.63, 3.8) is 0 Å². The van der Waals surface area contributed by atoms with Crippen LogP contribution in [0.25, 0.3) is 10.6 Å². The van der Waals surface area contributed by atoms with Crippen LogP contribution in [0.5, 0.6) is 0 Å². The highest BCUT2D eigenvalue weighted by molar-refractivity contribution is 7.99. The molecule has 0 N–H and O–H groups in total. The zero-order chi connectivity index (χ0) is 16.1. The highest BCUT2D eigenvalue weighted by Gasteiger charge is 2.18. The molecule has 3 heterocycles. The van der Waals surface area contributed by atoms with Crippen LogP contribution in [0.3, 0.4) is 0 Å². The molecule has 1 aliphatic heterocycles. The van der Waals surface area contributed by atoms with Gasteiger partial charge in [0.2, 0.25) is 5.91 Å². The first-order valence-electron chi connectivity index (χ1n) is 8.07. The summed E-state index contributed by atoms with van der Waals surface area (Å²) < 4.78 is 5.36. The summed E-state index contributed by atoms with van der Waals surface area (Å²) in [5, 5.41) is 6.11. The number of nitrogens with zero attached hydrogens (tertiary/aromatic N) is 2. The van der Waals surface area contributed by atoms with E-state index in [1.165, 1.54) is 6.42 Å². The lowest BCUT2D eigenvalue weighted by Gasteiger charge is -2.20. The average molecular weight is 351 g/mol. The molecule has 1 unspecified atom stereocenters. The Morgan fingerprint density at radius 1 is 1.48 bits per heavy atom. The minimum atomic E-state index is 0.256. The van der Waals surface area contributed by atoms with Crippen molar-refractivity contribution < 1.29 is 9.32 Å². The predicted molar refractivity (Wildman–Crippen MR) is 95.6 cm³/mol. The van der Waals surface area contributed by atoms with Gasteiger partial charge in [-0.1, -0.05) is 18.1 Å². The van der Waals surface area contributed by atoms with Gasteiger partial charge in [-0.05, 0) is 36.6 Å². The van der Waals surface area contributed by atoms with Gasteiger partial charge in [0.1, 0.15) is 0 Å². The third kappa shape index (κ3) is 4.61. The SMILES string of the molecule is CC1CCCN(C(=O)CSCc2cc(-c3cccs3)on2)CC1. The van der Waals surface area contributed by atoms with E-state index in [0.717, 1.165) is 48.2 Å². The molecule has 1 amide bonds. The van der Waals surface area contributed by atoms with Crippen LogP contribution in [0.4, 0.5) is 0 Å². The van der Waals surface area contributed by atoms with Gasteiger partial charge in [0.05, 0.1) is 16.3 Å². The number of hydrogen-bond acceptors (Lipinski definition) is 5. The fourth-order valence-corrected chi connectivity index (χ4v) is 4.24. The maximum absolute atomic E-state index is 12.3. The third-order valence-corrected chi connectivity index (χ3v) is 6.00. The zero-order valence-electron chi connectivity index (χ0n) is 13.4. The highest BCUT2D eigenvalue weighted by Crippen LogP contribution is 2.26. The average Bonchev–Trinajstić information content (AvgIpc) is 3.17. The van der Waals surface area contributed by atoms with Gasteiger partial charge < -0.3 is 9.42 Å². The monoisotopic (exact) mass is 350 g/mol. The summed E-state index contributed by atoms with van der Waals surface area (Å²) in [6.07, 6.45) is 3.50. The van der Waals surface area contributed by atoms with E-state index in [1.54, 1.807) is 23.1 Å². The first kappa shape index (κ1) is 16.6. The Kier molecular flexibility index (Phi) is 5.78. The van der Waals surface area contributed by atoms with E-state index in [1.807, 2.05) is 28.5 Å². The van der Waals surface area contributed by atoms with E-state index in [-0.39, 0.29) is 5.91 Å². The van der Waals surface area contributed by atoms with Crippen LogP contribution >= 0.6 is 23.1 Å². The van der Waals surface area contributed by atoms with E-state index in [0.29, 0.717) is 11.5 Å². The molecule has 0 aliphatic carbocycles. The van der Waals surface area contributed by atoms with Gasteiger partial charge in [-0.2, -0.15) is 0 Å². The maximum Gasteiger partial charge on any atom is 0.232 e. The van der Waals surface area contributed by atoms with E-state index in [4.69, 9.17) is 4.52 Å². The van der Waals surface area contributed by atoms with Gasteiger partial charge >= 0.3 is 0 Å². The quantitative estimate of drug-likeness (QED) is 0.807. The number of carbonyl (C=O) groups is 1. The van der Waals surface area contributed by atoms with Crippen molar-refractivity contribution in [1.29, 1.82) is 0 Å². The molecule has 0 spiro atoms. The maximum atomic E-state index is 12.3. The molecule has 1 saturated heterocycles. The van der Waals surface area contributed by atoms with E-state index >= 15 is 0 Å². The first-order valence-corrected chi connectivity index (χ1v) is 10.1. The molecule has 3 rings (SSSR count). The van der Waals surface area contributed by atoms with Crippen molar-refractivity contribution in [3.05, 3.63) is 29.3 Å². The molecule has 1 fully saturated rings. The highest BCUT2D eigenvalue weighted by atomic mass is 32.2. The Morgan fingerprint density at radius 2 is 2.39 bits per heavy atom. The number of rotatable bonds is 5. The Hall–Kier alpha value is -1.27. The van der Waals surface area contributed by atoms with Crippen LogP contribution in [0, 0.1) is 5.92 Å². The molecule has 23 heavy (non-hydrogen) atoms. The number of hydrogen-bond donors (Lipinski definition) is 0. The van der Waals surface area contributed by atoms with Crippen molar-refractivity contribution in [1.82, 2.24) is 10.1 Å². The summed E-state index contributed by atoms with van der Waals surface area (Å²) in [7, 11) is 0. The van der Waals surface area contributed by atoms with Crippen LogP contribution in [0.2, 0.25) is 0 Å². The van der Waals surface area contributed by atoms with Crippen LogP contribution in [0.1, 0.15) is 31.9 Å². The van der Waals surface area contributed by atoms with E-state index in [2.05, 4.69) is 12.1 Å². The lowest BCUT2D eigenvalue weighted by molar-refractivity contribution is -0.128. The number of thioether (sulfide) groups is 1. The molecule has 0 radical (unpaired) electrons. The molecular formula is C17H22N2O2S2. The molecule has 1 atom stereocenters. The second-order valence-corrected chi connectivity index (χ2v) is 8.00. The molecule has 0 aromatic carbocycles. The molecule has 0 bridgehead atoms. The summed E-state index contributed by atoms with van der Waals surface area (Å²) >= 11 is 3.25. The lowest BCUT2D eigenvalue weighted by atomic mass is 10.0. The largest absolute Gasteiger partial charge is 0.355 e.